The summed E-state index contributed by atoms with van der Waals surface area (Å²) in [5.74, 6) is 0. The minimum Gasteiger partial charge on any atom is -0.376 e. The summed E-state index contributed by atoms with van der Waals surface area (Å²) in [6.07, 6.45) is 0. The minimum absolute atomic E-state index is 0.0627. The van der Waals surface area contributed by atoms with Crippen molar-refractivity contribution in [2.75, 3.05) is 9.71 Å². The maximum atomic E-state index is 2.65. The van der Waals surface area contributed by atoms with E-state index in [-0.39, 0.29) is 6.85 Å². The van der Waals surface area contributed by atoms with Crippen LogP contribution in [-0.4, -0.2) is 6.85 Å². The SMILES string of the molecule is Cc1cc2c3c(c1)N1c4ccccc4C4(c5ccccc5-c5ccccc54)c4cccc(c41)B3N(c1ccc(-c3ccccc3)cc1)c1ccc3ccccc3c1-2. The van der Waals surface area contributed by atoms with E-state index in [1.165, 1.54) is 111 Å². The van der Waals surface area contributed by atoms with Gasteiger partial charge in [-0.15, -0.1) is 0 Å². The minimum atomic E-state index is -0.472. The van der Waals surface area contributed by atoms with Crippen LogP contribution in [0.3, 0.4) is 0 Å². The first-order valence-corrected chi connectivity index (χ1v) is 20.1. The molecule has 3 aliphatic heterocycles. The summed E-state index contributed by atoms with van der Waals surface area (Å²) < 4.78 is 0. The van der Waals surface area contributed by atoms with Gasteiger partial charge in [0, 0.05) is 28.3 Å². The van der Waals surface area contributed by atoms with E-state index in [2.05, 4.69) is 211 Å². The summed E-state index contributed by atoms with van der Waals surface area (Å²) in [7, 11) is 0. The average molecular weight is 723 g/mol. The van der Waals surface area contributed by atoms with E-state index in [1.807, 2.05) is 0 Å². The van der Waals surface area contributed by atoms with Crippen molar-refractivity contribution in [2.24, 2.45) is 0 Å². The molecule has 0 fully saturated rings. The van der Waals surface area contributed by atoms with Crippen molar-refractivity contribution in [3.8, 4) is 33.4 Å². The van der Waals surface area contributed by atoms with Crippen molar-refractivity contribution < 1.29 is 0 Å². The van der Waals surface area contributed by atoms with Crippen LogP contribution in [0, 0.1) is 6.92 Å². The van der Waals surface area contributed by atoms with E-state index in [9.17, 15) is 0 Å². The molecule has 1 spiro atoms. The number of hydrogen-bond donors (Lipinski definition) is 0. The van der Waals surface area contributed by atoms with E-state index in [0.717, 1.165) is 0 Å². The molecule has 1 aliphatic carbocycles. The molecule has 0 unspecified atom stereocenters. The molecule has 3 heterocycles. The Hall–Kier alpha value is -7.10. The Morgan fingerprint density at radius 3 is 1.89 bits per heavy atom. The number of rotatable bonds is 2. The van der Waals surface area contributed by atoms with Crippen LogP contribution in [0.5, 0.6) is 0 Å². The van der Waals surface area contributed by atoms with Gasteiger partial charge in [0.15, 0.2) is 0 Å². The third kappa shape index (κ3) is 3.91. The number of nitrogens with zero attached hydrogens (tertiary/aromatic N) is 2. The first kappa shape index (κ1) is 31.1. The van der Waals surface area contributed by atoms with Crippen LogP contribution in [0.25, 0.3) is 44.2 Å². The molecule has 0 N–H and O–H groups in total. The van der Waals surface area contributed by atoms with Crippen molar-refractivity contribution in [2.45, 2.75) is 12.3 Å². The predicted octanol–water partition coefficient (Wildman–Crippen LogP) is 12.2. The second kappa shape index (κ2) is 11.2. The van der Waals surface area contributed by atoms with E-state index in [0.29, 0.717) is 0 Å². The molecule has 57 heavy (non-hydrogen) atoms. The zero-order valence-electron chi connectivity index (χ0n) is 31.4. The lowest BCUT2D eigenvalue weighted by atomic mass is 9.42. The van der Waals surface area contributed by atoms with Gasteiger partial charge in [-0.25, -0.2) is 0 Å². The molecular formula is C54H35BN2. The molecule has 0 saturated heterocycles. The highest BCUT2D eigenvalue weighted by Crippen LogP contribution is 2.64. The van der Waals surface area contributed by atoms with Gasteiger partial charge in [0.25, 0.3) is 0 Å². The van der Waals surface area contributed by atoms with Crippen LogP contribution >= 0.6 is 0 Å². The van der Waals surface area contributed by atoms with E-state index < -0.39 is 5.41 Å². The first-order chi connectivity index (χ1) is 28.2. The molecule has 2 nitrogen and oxygen atoms in total. The number of benzene rings is 9. The second-order valence-electron chi connectivity index (χ2n) is 16.0. The number of aryl methyl sites for hydroxylation is 1. The maximum absolute atomic E-state index is 2.65. The van der Waals surface area contributed by atoms with Crippen LogP contribution in [0.15, 0.2) is 194 Å². The summed E-state index contributed by atoms with van der Waals surface area (Å²) >= 11 is 0. The van der Waals surface area contributed by atoms with Gasteiger partial charge in [-0.05, 0) is 115 Å². The molecule has 9 aromatic carbocycles. The van der Waals surface area contributed by atoms with Gasteiger partial charge in [0.1, 0.15) is 0 Å². The van der Waals surface area contributed by atoms with Crippen molar-refractivity contribution in [1.82, 2.24) is 0 Å². The molecule has 0 saturated carbocycles. The quantitative estimate of drug-likeness (QED) is 0.164. The Balaban J connectivity index is 1.16. The molecule has 0 aromatic heterocycles. The summed E-state index contributed by atoms with van der Waals surface area (Å²) in [5.41, 5.74) is 22.8. The van der Waals surface area contributed by atoms with Crippen molar-refractivity contribution in [3.05, 3.63) is 222 Å². The number of para-hydroxylation sites is 2. The summed E-state index contributed by atoms with van der Waals surface area (Å²) in [6.45, 7) is 2.21. The fourth-order valence-electron chi connectivity index (χ4n) is 11.1. The fraction of sp³-hybridized carbons (Fsp3) is 0.0370. The highest BCUT2D eigenvalue weighted by atomic mass is 15.2. The van der Waals surface area contributed by atoms with Crippen LogP contribution in [0.1, 0.15) is 27.8 Å². The van der Waals surface area contributed by atoms with Gasteiger partial charge >= 0.3 is 6.85 Å². The average Bonchev–Trinajstić information content (AvgIpc) is 3.56. The smallest absolute Gasteiger partial charge is 0.333 e. The Bertz CT molecular complexity index is 3120. The Kier molecular flexibility index (Phi) is 6.14. The van der Waals surface area contributed by atoms with Crippen LogP contribution in [-0.2, 0) is 5.41 Å². The molecule has 9 aromatic rings. The van der Waals surface area contributed by atoms with Crippen molar-refractivity contribution >= 4 is 57.0 Å². The number of fused-ring (bicyclic) bond motifs is 15. The Morgan fingerprint density at radius 2 is 1.11 bits per heavy atom. The lowest BCUT2D eigenvalue weighted by Crippen LogP contribution is -2.62. The molecule has 0 amide bonds. The highest BCUT2D eigenvalue weighted by molar-refractivity contribution is 6.93. The molecular weight excluding hydrogens is 687 g/mol. The molecule has 264 valence electrons. The normalized spacial score (nSPS) is 14.4. The highest BCUT2D eigenvalue weighted by Gasteiger charge is 2.55. The van der Waals surface area contributed by atoms with Crippen molar-refractivity contribution in [1.29, 1.82) is 0 Å². The molecule has 13 rings (SSSR count). The monoisotopic (exact) mass is 722 g/mol. The lowest BCUT2D eigenvalue weighted by molar-refractivity contribution is 0.753. The Labute approximate surface area is 333 Å². The largest absolute Gasteiger partial charge is 0.376 e. The lowest BCUT2D eigenvalue weighted by Gasteiger charge is -2.51. The molecule has 0 radical (unpaired) electrons. The Morgan fingerprint density at radius 1 is 0.456 bits per heavy atom. The van der Waals surface area contributed by atoms with E-state index in [1.54, 1.807) is 0 Å². The number of anilines is 5. The van der Waals surface area contributed by atoms with Crippen molar-refractivity contribution in [3.63, 3.8) is 0 Å². The summed E-state index contributed by atoms with van der Waals surface area (Å²) in [5, 5.41) is 2.54. The summed E-state index contributed by atoms with van der Waals surface area (Å²) in [4.78, 5) is 5.28. The van der Waals surface area contributed by atoms with Gasteiger partial charge < -0.3 is 9.71 Å². The molecule has 3 heteroatoms. The van der Waals surface area contributed by atoms with Gasteiger partial charge in [-0.2, -0.15) is 0 Å². The van der Waals surface area contributed by atoms with Crippen LogP contribution in [0.4, 0.5) is 28.4 Å². The van der Waals surface area contributed by atoms with Gasteiger partial charge in [0.2, 0.25) is 0 Å². The van der Waals surface area contributed by atoms with E-state index in [4.69, 9.17) is 0 Å². The van der Waals surface area contributed by atoms with Crippen LogP contribution < -0.4 is 20.6 Å². The zero-order chi connectivity index (χ0) is 37.4. The third-order valence-electron chi connectivity index (χ3n) is 13.3. The zero-order valence-corrected chi connectivity index (χ0v) is 31.4. The summed E-state index contributed by atoms with van der Waals surface area (Å²) in [6, 6.07) is 73.1. The second-order valence-corrected chi connectivity index (χ2v) is 16.0. The number of hydrogen-bond acceptors (Lipinski definition) is 2. The van der Waals surface area contributed by atoms with E-state index >= 15 is 0 Å². The first-order valence-electron chi connectivity index (χ1n) is 20.1. The standard InChI is InChI=1S/C54H35BN2/c1-34-32-42-51-39-17-6-5-16-37(39)28-31-49(51)57(38-29-26-36(27-30-38)35-14-3-2-4-15-35)55-47-24-13-23-46-53(47)56(50(33-34)52(42)55)48-25-12-11-22-45(48)54(46)43-20-9-7-18-40(43)41-19-8-10-21-44(41)54/h2-33H,1H3. The van der Waals surface area contributed by atoms with Gasteiger partial charge in [0.05, 0.1) is 11.1 Å². The predicted molar refractivity (Wildman–Crippen MR) is 239 cm³/mol. The molecule has 0 atom stereocenters. The fourth-order valence-corrected chi connectivity index (χ4v) is 11.1. The third-order valence-corrected chi connectivity index (χ3v) is 13.3. The molecule has 4 aliphatic rings. The van der Waals surface area contributed by atoms with Gasteiger partial charge in [-0.1, -0.05) is 164 Å². The van der Waals surface area contributed by atoms with Crippen LogP contribution in [0.2, 0.25) is 0 Å². The topological polar surface area (TPSA) is 6.48 Å². The van der Waals surface area contributed by atoms with Gasteiger partial charge in [-0.3, -0.25) is 0 Å². The maximum Gasteiger partial charge on any atom is 0.333 e. The molecule has 0 bridgehead atoms.